The highest BCUT2D eigenvalue weighted by atomic mass is 32.1. The van der Waals surface area contributed by atoms with Gasteiger partial charge >= 0.3 is 0 Å². The summed E-state index contributed by atoms with van der Waals surface area (Å²) in [6.07, 6.45) is 0.910. The Morgan fingerprint density at radius 3 is 3.00 bits per heavy atom. The van der Waals surface area contributed by atoms with Crippen LogP contribution in [-0.4, -0.2) is 31.0 Å². The molecular formula is C15H19N3OS. The fourth-order valence-corrected chi connectivity index (χ4v) is 4.02. The van der Waals surface area contributed by atoms with E-state index < -0.39 is 0 Å². The van der Waals surface area contributed by atoms with Gasteiger partial charge in [-0.1, -0.05) is 17.4 Å². The number of benzene rings is 1. The third-order valence-electron chi connectivity index (χ3n) is 3.89. The van der Waals surface area contributed by atoms with E-state index in [1.165, 1.54) is 15.8 Å². The molecule has 20 heavy (non-hydrogen) atoms. The zero-order valence-corrected chi connectivity index (χ0v) is 12.9. The molecular weight excluding hydrogens is 270 g/mol. The largest absolute Gasteiger partial charge is 0.359 e. The number of aryl methyl sites for hydroxylation is 2. The van der Waals surface area contributed by atoms with Crippen LogP contribution in [0, 0.1) is 19.8 Å². The summed E-state index contributed by atoms with van der Waals surface area (Å²) in [6, 6.07) is 4.36. The summed E-state index contributed by atoms with van der Waals surface area (Å²) >= 11 is 1.73. The summed E-state index contributed by atoms with van der Waals surface area (Å²) in [6.45, 7) is 5.91. The Hall–Kier alpha value is -1.62. The highest BCUT2D eigenvalue weighted by Crippen LogP contribution is 2.34. The Labute approximate surface area is 122 Å². The van der Waals surface area contributed by atoms with Crippen LogP contribution in [0.4, 0.5) is 5.13 Å². The lowest BCUT2D eigenvalue weighted by Crippen LogP contribution is -2.30. The van der Waals surface area contributed by atoms with Gasteiger partial charge in [0.05, 0.1) is 16.1 Å². The Bertz CT molecular complexity index is 664. The molecule has 0 radical (unpaired) electrons. The lowest BCUT2D eigenvalue weighted by molar-refractivity contribution is -0.123. The van der Waals surface area contributed by atoms with Crippen LogP contribution in [0.3, 0.4) is 0 Å². The predicted octanol–water partition coefficient (Wildman–Crippen LogP) is 2.49. The van der Waals surface area contributed by atoms with Crippen LogP contribution in [0.5, 0.6) is 0 Å². The number of aromatic nitrogens is 1. The van der Waals surface area contributed by atoms with Gasteiger partial charge in [0.15, 0.2) is 5.13 Å². The molecule has 0 saturated carbocycles. The molecule has 1 aliphatic heterocycles. The number of amides is 1. The van der Waals surface area contributed by atoms with Crippen molar-refractivity contribution in [3.05, 3.63) is 23.3 Å². The van der Waals surface area contributed by atoms with Crippen molar-refractivity contribution >= 4 is 32.6 Å². The summed E-state index contributed by atoms with van der Waals surface area (Å²) in [5, 5.41) is 3.78. The molecule has 1 atom stereocenters. The minimum absolute atomic E-state index is 0.0924. The molecule has 106 valence electrons. The zero-order valence-electron chi connectivity index (χ0n) is 12.1. The molecule has 1 amide bonds. The number of nitrogens with one attached hydrogen (secondary N) is 1. The summed E-state index contributed by atoms with van der Waals surface area (Å²) in [5.74, 6) is 0.232. The highest BCUT2D eigenvalue weighted by molar-refractivity contribution is 7.22. The molecule has 1 unspecified atom stereocenters. The van der Waals surface area contributed by atoms with Crippen molar-refractivity contribution in [2.45, 2.75) is 20.3 Å². The van der Waals surface area contributed by atoms with Gasteiger partial charge < -0.3 is 10.2 Å². The van der Waals surface area contributed by atoms with E-state index in [2.05, 4.69) is 36.2 Å². The van der Waals surface area contributed by atoms with Crippen LogP contribution in [-0.2, 0) is 4.79 Å². The molecule has 5 heteroatoms. The fraction of sp³-hybridized carbons (Fsp3) is 0.467. The van der Waals surface area contributed by atoms with E-state index in [4.69, 9.17) is 4.98 Å². The van der Waals surface area contributed by atoms with E-state index in [-0.39, 0.29) is 11.8 Å². The number of hydrogen-bond acceptors (Lipinski definition) is 4. The molecule has 4 nitrogen and oxygen atoms in total. The monoisotopic (exact) mass is 289 g/mol. The van der Waals surface area contributed by atoms with E-state index in [1.54, 1.807) is 18.4 Å². The van der Waals surface area contributed by atoms with Crippen LogP contribution in [0.15, 0.2) is 12.1 Å². The summed E-state index contributed by atoms with van der Waals surface area (Å²) in [5.41, 5.74) is 3.60. The number of hydrogen-bond donors (Lipinski definition) is 1. The van der Waals surface area contributed by atoms with E-state index in [0.29, 0.717) is 0 Å². The van der Waals surface area contributed by atoms with Crippen molar-refractivity contribution in [2.75, 3.05) is 25.0 Å². The first kappa shape index (κ1) is 13.4. The van der Waals surface area contributed by atoms with Crippen LogP contribution >= 0.6 is 11.3 Å². The maximum atomic E-state index is 11.7. The highest BCUT2D eigenvalue weighted by Gasteiger charge is 2.29. The second-order valence-electron chi connectivity index (χ2n) is 5.47. The average molecular weight is 289 g/mol. The van der Waals surface area contributed by atoms with Gasteiger partial charge in [-0.15, -0.1) is 0 Å². The lowest BCUT2D eigenvalue weighted by Gasteiger charge is -2.14. The standard InChI is InChI=1S/C15H19N3OS/c1-9-6-10(2)13-12(7-9)20-15(17-13)18-5-4-11(8-18)14(19)16-3/h6-7,11H,4-5,8H2,1-3H3,(H,16,19). The van der Waals surface area contributed by atoms with Gasteiger partial charge in [-0.05, 0) is 37.5 Å². The number of carbonyl (C=O) groups excluding carboxylic acids is 1. The molecule has 1 aromatic carbocycles. The summed E-state index contributed by atoms with van der Waals surface area (Å²) < 4.78 is 1.24. The van der Waals surface area contributed by atoms with Crippen molar-refractivity contribution in [1.82, 2.24) is 10.3 Å². The first-order valence-corrected chi connectivity index (χ1v) is 7.74. The van der Waals surface area contributed by atoms with Gasteiger partial charge in [0.25, 0.3) is 0 Å². The van der Waals surface area contributed by atoms with Crippen LogP contribution in [0.2, 0.25) is 0 Å². The molecule has 2 heterocycles. The molecule has 0 bridgehead atoms. The van der Waals surface area contributed by atoms with Gasteiger partial charge in [-0.3, -0.25) is 4.79 Å². The Kier molecular flexibility index (Phi) is 3.38. The molecule has 0 aliphatic carbocycles. The number of fused-ring (bicyclic) bond motifs is 1. The number of thiazole rings is 1. The van der Waals surface area contributed by atoms with Crippen molar-refractivity contribution in [1.29, 1.82) is 0 Å². The Morgan fingerprint density at radius 2 is 2.25 bits per heavy atom. The van der Waals surface area contributed by atoms with E-state index >= 15 is 0 Å². The molecule has 3 rings (SSSR count). The number of carbonyl (C=O) groups is 1. The van der Waals surface area contributed by atoms with Gasteiger partial charge in [-0.25, -0.2) is 4.98 Å². The normalized spacial score (nSPS) is 18.8. The van der Waals surface area contributed by atoms with Crippen molar-refractivity contribution < 1.29 is 4.79 Å². The minimum atomic E-state index is 0.0924. The quantitative estimate of drug-likeness (QED) is 0.924. The number of rotatable bonds is 2. The van der Waals surface area contributed by atoms with Crippen molar-refractivity contribution in [2.24, 2.45) is 5.92 Å². The number of anilines is 1. The smallest absolute Gasteiger partial charge is 0.224 e. The zero-order chi connectivity index (χ0) is 14.3. The van der Waals surface area contributed by atoms with Crippen molar-refractivity contribution in [3.63, 3.8) is 0 Å². The predicted molar refractivity (Wildman–Crippen MR) is 83.5 cm³/mol. The van der Waals surface area contributed by atoms with Gasteiger partial charge in [0.1, 0.15) is 0 Å². The first-order valence-electron chi connectivity index (χ1n) is 6.93. The summed E-state index contributed by atoms with van der Waals surface area (Å²) in [7, 11) is 1.70. The molecule has 1 aromatic heterocycles. The topological polar surface area (TPSA) is 45.2 Å². The van der Waals surface area contributed by atoms with Crippen molar-refractivity contribution in [3.8, 4) is 0 Å². The maximum Gasteiger partial charge on any atom is 0.224 e. The third kappa shape index (κ3) is 2.26. The number of nitrogens with zero attached hydrogens (tertiary/aromatic N) is 2. The molecule has 2 aromatic rings. The third-order valence-corrected chi connectivity index (χ3v) is 4.96. The Balaban J connectivity index is 1.88. The molecule has 1 aliphatic rings. The molecule has 1 saturated heterocycles. The van der Waals surface area contributed by atoms with E-state index in [1.807, 2.05) is 0 Å². The van der Waals surface area contributed by atoms with Gasteiger partial charge in [0, 0.05) is 20.1 Å². The maximum absolute atomic E-state index is 11.7. The van der Waals surface area contributed by atoms with E-state index in [9.17, 15) is 4.79 Å². The van der Waals surface area contributed by atoms with Crippen LogP contribution < -0.4 is 10.2 Å². The second kappa shape index (κ2) is 5.05. The van der Waals surface area contributed by atoms with Crippen LogP contribution in [0.25, 0.3) is 10.2 Å². The SMILES string of the molecule is CNC(=O)C1CCN(c2nc3c(C)cc(C)cc3s2)C1. The van der Waals surface area contributed by atoms with E-state index in [0.717, 1.165) is 30.2 Å². The van der Waals surface area contributed by atoms with Gasteiger partial charge in [0.2, 0.25) is 5.91 Å². The minimum Gasteiger partial charge on any atom is -0.359 e. The van der Waals surface area contributed by atoms with Gasteiger partial charge in [-0.2, -0.15) is 0 Å². The molecule has 1 fully saturated rings. The molecule has 1 N–H and O–H groups in total. The molecule has 0 spiro atoms. The second-order valence-corrected chi connectivity index (χ2v) is 6.48. The Morgan fingerprint density at radius 1 is 1.45 bits per heavy atom. The lowest BCUT2D eigenvalue weighted by atomic mass is 10.1. The first-order chi connectivity index (χ1) is 9.58. The average Bonchev–Trinajstić information content (AvgIpc) is 3.03. The summed E-state index contributed by atoms with van der Waals surface area (Å²) in [4.78, 5) is 18.7. The fourth-order valence-electron chi connectivity index (χ4n) is 2.85. The van der Waals surface area contributed by atoms with Crippen LogP contribution in [0.1, 0.15) is 17.5 Å².